The summed E-state index contributed by atoms with van der Waals surface area (Å²) >= 11 is 0. The first-order chi connectivity index (χ1) is 1.41. The quantitative estimate of drug-likeness (QED) is 0.463. The topological polar surface area (TPSA) is 37.3 Å². The van der Waals surface area contributed by atoms with Crippen molar-refractivity contribution in [2.75, 3.05) is 0 Å². The first kappa shape index (κ1) is 8.82. The second kappa shape index (κ2) is 9.56. The maximum absolute atomic E-state index is 8.36. The molecule has 0 fully saturated rings. The molecular weight excluding hydrogens is 133 g/mol. The fourth-order valence-electron chi connectivity index (χ4n) is 0. The average Bonchev–Trinajstić information content (AvgIpc) is 0.918. The molecule has 0 amide bonds. The van der Waals surface area contributed by atoms with Crippen LogP contribution in [0.5, 0.6) is 0 Å². The van der Waals surface area contributed by atoms with Gasteiger partial charge >= 0.3 is 0 Å². The van der Waals surface area contributed by atoms with Crippen molar-refractivity contribution in [3.05, 3.63) is 0 Å². The van der Waals surface area contributed by atoms with Gasteiger partial charge in [0.05, 0.1) is 0 Å². The van der Waals surface area contributed by atoms with Crippen LogP contribution in [0.25, 0.3) is 0 Å². The molecule has 0 saturated heterocycles. The molecule has 1 radical (unpaired) electrons. The summed E-state index contributed by atoms with van der Waals surface area (Å²) in [5, 5.41) is 6.89. The summed E-state index contributed by atoms with van der Waals surface area (Å²) in [6.07, 6.45) is 0. The van der Waals surface area contributed by atoms with Crippen LogP contribution in [0.15, 0.2) is 0 Å². The average molecular weight is 135 g/mol. The zero-order chi connectivity index (χ0) is 2.71. The van der Waals surface area contributed by atoms with Gasteiger partial charge in [-0.25, -0.2) is 0 Å². The summed E-state index contributed by atoms with van der Waals surface area (Å²) in [5.41, 5.74) is 0. The van der Waals surface area contributed by atoms with Crippen molar-refractivity contribution in [3.8, 4) is 0 Å². The molecule has 0 bridgehead atoms. The van der Waals surface area contributed by atoms with Crippen LogP contribution in [0.2, 0.25) is 0 Å². The van der Waals surface area contributed by atoms with Crippen molar-refractivity contribution >= 4 is 6.47 Å². The minimum absolute atomic E-state index is 0. The fraction of sp³-hybridized carbons (Fsp3) is 0. The molecule has 0 aliphatic carbocycles. The van der Waals surface area contributed by atoms with E-state index in [9.17, 15) is 0 Å². The standard InChI is InChI=1S/CH2O2.Y/c2-1-3;/h1H,(H,2,3);. The van der Waals surface area contributed by atoms with E-state index in [1.54, 1.807) is 0 Å². The summed E-state index contributed by atoms with van der Waals surface area (Å²) < 4.78 is 0. The van der Waals surface area contributed by atoms with E-state index in [0.717, 1.165) is 0 Å². The van der Waals surface area contributed by atoms with Crippen LogP contribution in [0.3, 0.4) is 0 Å². The Morgan fingerprint density at radius 3 is 1.75 bits per heavy atom. The van der Waals surface area contributed by atoms with Gasteiger partial charge in [0.1, 0.15) is 0 Å². The molecule has 0 aromatic heterocycles. The Morgan fingerprint density at radius 1 is 1.75 bits per heavy atom. The zero-order valence-electron chi connectivity index (χ0n) is 2.01. The molecule has 1 N–H and O–H groups in total. The molecule has 0 rings (SSSR count). The monoisotopic (exact) mass is 135 g/mol. The first-order valence-electron chi connectivity index (χ1n) is 0.494. The summed E-state index contributed by atoms with van der Waals surface area (Å²) in [6.45, 7) is -0.250. The van der Waals surface area contributed by atoms with Gasteiger partial charge in [-0.15, -0.1) is 0 Å². The minimum Gasteiger partial charge on any atom is -0.483 e. The van der Waals surface area contributed by atoms with Crippen LogP contribution in [0.1, 0.15) is 0 Å². The minimum atomic E-state index is -0.250. The van der Waals surface area contributed by atoms with Gasteiger partial charge in [0, 0.05) is 32.7 Å². The van der Waals surface area contributed by atoms with Crippen LogP contribution < -0.4 is 0 Å². The first-order valence-corrected chi connectivity index (χ1v) is 0.494. The predicted molar refractivity (Wildman–Crippen MR) is 8.69 cm³/mol. The van der Waals surface area contributed by atoms with E-state index >= 15 is 0 Å². The van der Waals surface area contributed by atoms with E-state index in [0.29, 0.717) is 0 Å². The van der Waals surface area contributed by atoms with E-state index in [2.05, 4.69) is 0 Å². The van der Waals surface area contributed by atoms with Crippen LogP contribution in [0.4, 0.5) is 0 Å². The summed E-state index contributed by atoms with van der Waals surface area (Å²) in [5.74, 6) is 0. The molecule has 4 heavy (non-hydrogen) atoms. The van der Waals surface area contributed by atoms with Crippen molar-refractivity contribution in [1.29, 1.82) is 0 Å². The van der Waals surface area contributed by atoms with Crippen molar-refractivity contribution in [2.45, 2.75) is 0 Å². The van der Waals surface area contributed by atoms with Gasteiger partial charge in [0.2, 0.25) is 0 Å². The van der Waals surface area contributed by atoms with Crippen molar-refractivity contribution in [2.24, 2.45) is 0 Å². The van der Waals surface area contributed by atoms with Crippen LogP contribution in [-0.2, 0) is 37.5 Å². The molecule has 3 heteroatoms. The Bertz CT molecular complexity index is 13.5. The van der Waals surface area contributed by atoms with Gasteiger partial charge in [-0.1, -0.05) is 0 Å². The fourth-order valence-corrected chi connectivity index (χ4v) is 0. The van der Waals surface area contributed by atoms with Gasteiger partial charge in [0.15, 0.2) is 0 Å². The van der Waals surface area contributed by atoms with Gasteiger partial charge in [0.25, 0.3) is 6.47 Å². The number of carboxylic acid groups (broad SMARTS) is 1. The SMILES string of the molecule is O=CO.[Y]. The van der Waals surface area contributed by atoms with Crippen molar-refractivity contribution in [1.82, 2.24) is 0 Å². The van der Waals surface area contributed by atoms with Crippen LogP contribution in [-0.4, -0.2) is 11.6 Å². The number of hydrogen-bond donors (Lipinski definition) is 1. The van der Waals surface area contributed by atoms with Crippen molar-refractivity contribution in [3.63, 3.8) is 0 Å². The van der Waals surface area contributed by atoms with Gasteiger partial charge in [-0.05, 0) is 0 Å². The molecule has 0 aliphatic heterocycles. The molecule has 0 spiro atoms. The molecule has 0 atom stereocenters. The van der Waals surface area contributed by atoms with Crippen molar-refractivity contribution < 1.29 is 42.6 Å². The molecule has 0 aromatic rings. The number of hydrogen-bond acceptors (Lipinski definition) is 1. The third-order valence-corrected chi connectivity index (χ3v) is 0. The Balaban J connectivity index is 0. The maximum atomic E-state index is 8.36. The molecule has 21 valence electrons. The van der Waals surface area contributed by atoms with Gasteiger partial charge in [-0.3, -0.25) is 4.79 Å². The molecular formula is CH2O2Y. The maximum Gasteiger partial charge on any atom is 0.290 e. The second-order valence-corrected chi connectivity index (χ2v) is 0.105. The zero-order valence-corrected chi connectivity index (χ0v) is 4.85. The number of carbonyl (C=O) groups is 1. The molecule has 0 aromatic carbocycles. The third kappa shape index (κ3) is 19.4. The summed E-state index contributed by atoms with van der Waals surface area (Å²) in [4.78, 5) is 8.36. The third-order valence-electron chi connectivity index (χ3n) is 0. The second-order valence-electron chi connectivity index (χ2n) is 0.105. The predicted octanol–water partition coefficient (Wildman–Crippen LogP) is -0.302. The van der Waals surface area contributed by atoms with Gasteiger partial charge < -0.3 is 5.11 Å². The largest absolute Gasteiger partial charge is 0.483 e. The van der Waals surface area contributed by atoms with E-state index in [-0.39, 0.29) is 39.2 Å². The Hall–Kier alpha value is 0.574. The van der Waals surface area contributed by atoms with E-state index in [1.807, 2.05) is 0 Å². The summed E-state index contributed by atoms with van der Waals surface area (Å²) in [6, 6.07) is 0. The molecule has 0 aliphatic rings. The Kier molecular flexibility index (Phi) is 21.1. The van der Waals surface area contributed by atoms with E-state index in [1.165, 1.54) is 0 Å². The van der Waals surface area contributed by atoms with E-state index < -0.39 is 0 Å². The van der Waals surface area contributed by atoms with Crippen LogP contribution >= 0.6 is 0 Å². The summed E-state index contributed by atoms with van der Waals surface area (Å²) in [7, 11) is 0. The molecule has 2 nitrogen and oxygen atoms in total. The van der Waals surface area contributed by atoms with E-state index in [4.69, 9.17) is 9.90 Å². The smallest absolute Gasteiger partial charge is 0.290 e. The number of rotatable bonds is 0. The Labute approximate surface area is 49.1 Å². The van der Waals surface area contributed by atoms with Gasteiger partial charge in [-0.2, -0.15) is 0 Å². The molecule has 0 saturated carbocycles. The Morgan fingerprint density at radius 2 is 1.75 bits per heavy atom. The van der Waals surface area contributed by atoms with Crippen LogP contribution in [0, 0.1) is 0 Å². The molecule has 0 heterocycles. The normalized spacial score (nSPS) is 3.00. The molecule has 0 unspecified atom stereocenters.